The zero-order chi connectivity index (χ0) is 25.1. The Morgan fingerprint density at radius 3 is 2.83 bits per heavy atom. The molecule has 5 rings (SSSR count). The number of fused-ring (bicyclic) bond motifs is 2. The molecule has 0 saturated heterocycles. The van der Waals surface area contributed by atoms with Crippen molar-refractivity contribution in [2.24, 2.45) is 11.8 Å². The van der Waals surface area contributed by atoms with E-state index in [-0.39, 0.29) is 42.5 Å². The van der Waals surface area contributed by atoms with E-state index >= 15 is 0 Å². The second-order valence-corrected chi connectivity index (χ2v) is 8.99. The quantitative estimate of drug-likeness (QED) is 0.361. The lowest BCUT2D eigenvalue weighted by molar-refractivity contribution is -0.146. The van der Waals surface area contributed by atoms with Crippen LogP contribution in [0.1, 0.15) is 41.7 Å². The van der Waals surface area contributed by atoms with Crippen LogP contribution in [0.4, 0.5) is 11.5 Å². The highest BCUT2D eigenvalue weighted by Gasteiger charge is 2.27. The van der Waals surface area contributed by atoms with Crippen LogP contribution in [0, 0.1) is 11.8 Å². The number of H-pyrrole nitrogens is 1. The Kier molecular flexibility index (Phi) is 6.65. The van der Waals surface area contributed by atoms with E-state index in [9.17, 15) is 14.4 Å². The molecule has 2 aliphatic rings. The highest BCUT2D eigenvalue weighted by molar-refractivity contribution is 6.04. The number of hydrogen-bond acceptors (Lipinski definition) is 9. The van der Waals surface area contributed by atoms with Crippen LogP contribution in [0.3, 0.4) is 0 Å². The Hall–Kier alpha value is -4.22. The lowest BCUT2D eigenvalue weighted by atomic mass is 9.82. The van der Waals surface area contributed by atoms with Crippen molar-refractivity contribution < 1.29 is 23.9 Å². The fraction of sp³-hybridized carbons (Fsp3) is 0.417. The molecule has 36 heavy (non-hydrogen) atoms. The SMILES string of the molecule is COC(=O)C1CCC(CNc2n[nH]c3c(C(=O)NCc4ccc5c(c4)NC(=O)CO5)ncnc23)CC1. The average molecular weight is 494 g/mol. The molecular weight excluding hydrogens is 466 g/mol. The van der Waals surface area contributed by atoms with Gasteiger partial charge in [0.05, 0.1) is 18.7 Å². The van der Waals surface area contributed by atoms with Gasteiger partial charge in [-0.3, -0.25) is 19.5 Å². The Morgan fingerprint density at radius 1 is 1.19 bits per heavy atom. The van der Waals surface area contributed by atoms with Crippen LogP contribution in [-0.4, -0.2) is 58.2 Å². The lowest BCUT2D eigenvalue weighted by Crippen LogP contribution is -2.26. The molecule has 1 aliphatic carbocycles. The summed E-state index contributed by atoms with van der Waals surface area (Å²) in [6, 6.07) is 5.34. The molecule has 12 heteroatoms. The molecule has 4 N–H and O–H groups in total. The minimum absolute atomic E-state index is 0.00958. The molecule has 1 fully saturated rings. The topological polar surface area (TPSA) is 160 Å². The number of methoxy groups -OCH3 is 1. The standard InChI is InChI=1S/C24H27N7O5/c1-35-24(34)15-5-2-13(3-6-15)9-25-22-20-19(30-31-22)21(28-12-27-20)23(33)26-10-14-4-7-17-16(8-14)29-18(32)11-36-17/h4,7-8,12-13,15H,2-3,5-6,9-11H2,1H3,(H,26,33)(H,29,32)(H2,25,30,31). The molecule has 1 saturated carbocycles. The predicted octanol–water partition coefficient (Wildman–Crippen LogP) is 2.01. The fourth-order valence-corrected chi connectivity index (χ4v) is 4.65. The monoisotopic (exact) mass is 493 g/mol. The molecule has 0 atom stereocenters. The summed E-state index contributed by atoms with van der Waals surface area (Å²) < 4.78 is 10.2. The third kappa shape index (κ3) is 4.92. The van der Waals surface area contributed by atoms with Gasteiger partial charge in [-0.1, -0.05) is 6.07 Å². The summed E-state index contributed by atoms with van der Waals surface area (Å²) in [5, 5.41) is 16.1. The molecule has 3 aromatic rings. The first-order valence-corrected chi connectivity index (χ1v) is 11.9. The molecule has 0 bridgehead atoms. The van der Waals surface area contributed by atoms with Crippen molar-refractivity contribution in [1.82, 2.24) is 25.5 Å². The zero-order valence-electron chi connectivity index (χ0n) is 19.8. The van der Waals surface area contributed by atoms with E-state index in [1.165, 1.54) is 13.4 Å². The van der Waals surface area contributed by atoms with Crippen LogP contribution in [0.2, 0.25) is 0 Å². The Bertz CT molecular complexity index is 1300. The van der Waals surface area contributed by atoms with Gasteiger partial charge >= 0.3 is 5.97 Å². The van der Waals surface area contributed by atoms with Crippen molar-refractivity contribution in [3.05, 3.63) is 35.8 Å². The van der Waals surface area contributed by atoms with Crippen molar-refractivity contribution in [3.8, 4) is 5.75 Å². The van der Waals surface area contributed by atoms with Crippen LogP contribution in [0.25, 0.3) is 11.0 Å². The van der Waals surface area contributed by atoms with Crippen molar-refractivity contribution >= 4 is 40.3 Å². The third-order valence-corrected chi connectivity index (χ3v) is 6.64. The molecule has 0 unspecified atom stereocenters. The highest BCUT2D eigenvalue weighted by atomic mass is 16.5. The van der Waals surface area contributed by atoms with Gasteiger partial charge in [-0.15, -0.1) is 0 Å². The number of amides is 2. The van der Waals surface area contributed by atoms with E-state index in [4.69, 9.17) is 9.47 Å². The van der Waals surface area contributed by atoms with E-state index in [1.54, 1.807) is 12.1 Å². The minimum atomic E-state index is -0.378. The number of carbonyl (C=O) groups excluding carboxylic acids is 3. The lowest BCUT2D eigenvalue weighted by Gasteiger charge is -2.26. The van der Waals surface area contributed by atoms with Crippen LogP contribution in [-0.2, 0) is 20.9 Å². The second-order valence-electron chi connectivity index (χ2n) is 8.99. The maximum atomic E-state index is 12.9. The van der Waals surface area contributed by atoms with Gasteiger partial charge in [0.25, 0.3) is 11.8 Å². The summed E-state index contributed by atoms with van der Waals surface area (Å²) in [5.74, 6) is 0.822. The van der Waals surface area contributed by atoms with E-state index in [1.807, 2.05) is 6.07 Å². The summed E-state index contributed by atoms with van der Waals surface area (Å²) >= 11 is 0. The first-order valence-electron chi connectivity index (χ1n) is 11.9. The minimum Gasteiger partial charge on any atom is -0.482 e. The molecule has 188 valence electrons. The number of aromatic amines is 1. The Balaban J connectivity index is 1.20. The summed E-state index contributed by atoms with van der Waals surface area (Å²) in [6.45, 7) is 0.920. The number of nitrogens with one attached hydrogen (secondary N) is 4. The average Bonchev–Trinajstić information content (AvgIpc) is 3.33. The van der Waals surface area contributed by atoms with Gasteiger partial charge < -0.3 is 25.4 Å². The van der Waals surface area contributed by atoms with Crippen LogP contribution in [0.15, 0.2) is 24.5 Å². The number of carbonyl (C=O) groups is 3. The largest absolute Gasteiger partial charge is 0.482 e. The Morgan fingerprint density at radius 2 is 2.03 bits per heavy atom. The van der Waals surface area contributed by atoms with Gasteiger partial charge in [0.2, 0.25) is 0 Å². The van der Waals surface area contributed by atoms with Gasteiger partial charge in [0, 0.05) is 13.1 Å². The van der Waals surface area contributed by atoms with Crippen molar-refractivity contribution in [2.45, 2.75) is 32.2 Å². The molecule has 3 heterocycles. The normalized spacial score (nSPS) is 19.1. The number of nitrogens with zero attached hydrogens (tertiary/aromatic N) is 3. The van der Waals surface area contributed by atoms with Gasteiger partial charge in [-0.2, -0.15) is 5.10 Å². The van der Waals surface area contributed by atoms with Crippen molar-refractivity contribution in [1.29, 1.82) is 0 Å². The summed E-state index contributed by atoms with van der Waals surface area (Å²) in [4.78, 5) is 44.6. The zero-order valence-corrected chi connectivity index (χ0v) is 19.8. The molecule has 0 spiro atoms. The molecule has 2 aromatic heterocycles. The number of aromatic nitrogens is 4. The van der Waals surface area contributed by atoms with E-state index in [0.717, 1.165) is 31.2 Å². The van der Waals surface area contributed by atoms with Crippen molar-refractivity contribution in [2.75, 3.05) is 30.9 Å². The number of benzene rings is 1. The predicted molar refractivity (Wildman–Crippen MR) is 129 cm³/mol. The van der Waals surface area contributed by atoms with Gasteiger partial charge in [0.15, 0.2) is 18.1 Å². The van der Waals surface area contributed by atoms with Gasteiger partial charge in [-0.25, -0.2) is 9.97 Å². The summed E-state index contributed by atoms with van der Waals surface area (Å²) in [7, 11) is 1.43. The number of ether oxygens (including phenoxy) is 2. The number of esters is 1. The first-order chi connectivity index (χ1) is 17.5. The van der Waals surface area contributed by atoms with Crippen LogP contribution in [0.5, 0.6) is 5.75 Å². The first kappa shape index (κ1) is 23.5. The third-order valence-electron chi connectivity index (χ3n) is 6.64. The summed E-state index contributed by atoms with van der Waals surface area (Å²) in [5.41, 5.74) is 2.54. The molecule has 2 amide bonds. The Labute approximate surface area is 206 Å². The maximum absolute atomic E-state index is 12.9. The fourth-order valence-electron chi connectivity index (χ4n) is 4.65. The smallest absolute Gasteiger partial charge is 0.308 e. The number of hydrogen-bond donors (Lipinski definition) is 4. The van der Waals surface area contributed by atoms with Crippen molar-refractivity contribution in [3.63, 3.8) is 0 Å². The molecular formula is C24H27N7O5. The van der Waals surface area contributed by atoms with Crippen LogP contribution < -0.4 is 20.7 Å². The highest BCUT2D eigenvalue weighted by Crippen LogP contribution is 2.31. The number of anilines is 2. The molecule has 0 radical (unpaired) electrons. The molecule has 1 aliphatic heterocycles. The molecule has 12 nitrogen and oxygen atoms in total. The molecule has 1 aromatic carbocycles. The van der Waals surface area contributed by atoms with Gasteiger partial charge in [-0.05, 0) is 49.3 Å². The number of rotatable bonds is 7. The second kappa shape index (κ2) is 10.2. The van der Waals surface area contributed by atoms with E-state index < -0.39 is 0 Å². The summed E-state index contributed by atoms with van der Waals surface area (Å²) in [6.07, 6.45) is 4.82. The van der Waals surface area contributed by atoms with E-state index in [0.29, 0.717) is 40.8 Å². The van der Waals surface area contributed by atoms with Gasteiger partial charge in [0.1, 0.15) is 23.1 Å². The maximum Gasteiger partial charge on any atom is 0.308 e. The van der Waals surface area contributed by atoms with E-state index in [2.05, 4.69) is 36.1 Å². The van der Waals surface area contributed by atoms with Crippen LogP contribution >= 0.6 is 0 Å².